The number of aromatic nitrogens is 2. The summed E-state index contributed by atoms with van der Waals surface area (Å²) < 4.78 is 7.22. The fraction of sp³-hybridized carbons (Fsp3) is 0.476. The molecule has 2 N–H and O–H groups in total. The minimum absolute atomic E-state index is 0.0803. The molecule has 2 heterocycles. The van der Waals surface area contributed by atoms with E-state index >= 15 is 0 Å². The number of para-hydroxylation sites is 1. The standard InChI is InChI=1S/C21H29N5O3/c1-15-14-17(26(23-15)16-8-6-5-7-9-16)29-20(28)25-12-10-24(11-13-25)19(27)18(22)21(2,3)4/h5-9,14,18H,10-13,22H2,1-4H3. The van der Waals surface area contributed by atoms with Gasteiger partial charge in [-0.15, -0.1) is 0 Å². The Balaban J connectivity index is 1.62. The molecule has 0 saturated carbocycles. The van der Waals surface area contributed by atoms with Crippen molar-refractivity contribution in [2.24, 2.45) is 11.1 Å². The summed E-state index contributed by atoms with van der Waals surface area (Å²) in [6, 6.07) is 10.7. The molecule has 0 radical (unpaired) electrons. The van der Waals surface area contributed by atoms with Gasteiger partial charge in [0.25, 0.3) is 0 Å². The van der Waals surface area contributed by atoms with Gasteiger partial charge in [-0.05, 0) is 24.5 Å². The van der Waals surface area contributed by atoms with Gasteiger partial charge >= 0.3 is 6.09 Å². The van der Waals surface area contributed by atoms with Gasteiger partial charge in [-0.25, -0.2) is 9.48 Å². The van der Waals surface area contributed by atoms with Gasteiger partial charge < -0.3 is 20.3 Å². The summed E-state index contributed by atoms with van der Waals surface area (Å²) in [5.74, 6) is 0.287. The Labute approximate surface area is 171 Å². The van der Waals surface area contributed by atoms with Gasteiger partial charge in [0.05, 0.1) is 17.4 Å². The topological polar surface area (TPSA) is 93.7 Å². The van der Waals surface area contributed by atoms with Crippen LogP contribution in [-0.2, 0) is 4.79 Å². The van der Waals surface area contributed by atoms with Crippen molar-refractivity contribution in [1.82, 2.24) is 19.6 Å². The Morgan fingerprint density at radius 2 is 1.66 bits per heavy atom. The molecule has 1 aliphatic heterocycles. The van der Waals surface area contributed by atoms with E-state index in [0.717, 1.165) is 11.4 Å². The number of piperazine rings is 1. The molecule has 1 aromatic heterocycles. The number of hydrogen-bond acceptors (Lipinski definition) is 5. The van der Waals surface area contributed by atoms with Crippen LogP contribution in [0.15, 0.2) is 36.4 Å². The molecule has 2 amide bonds. The van der Waals surface area contributed by atoms with E-state index in [1.54, 1.807) is 20.5 Å². The molecule has 0 bridgehead atoms. The second-order valence-electron chi connectivity index (χ2n) is 8.40. The highest BCUT2D eigenvalue weighted by Crippen LogP contribution is 2.22. The largest absolute Gasteiger partial charge is 0.416 e. The quantitative estimate of drug-likeness (QED) is 0.854. The smallest absolute Gasteiger partial charge is 0.391 e. The molecule has 8 nitrogen and oxygen atoms in total. The highest BCUT2D eigenvalue weighted by molar-refractivity contribution is 5.82. The van der Waals surface area contributed by atoms with Gasteiger partial charge in [0.1, 0.15) is 0 Å². The van der Waals surface area contributed by atoms with Crippen molar-refractivity contribution in [2.75, 3.05) is 26.2 Å². The third-order valence-electron chi connectivity index (χ3n) is 5.04. The van der Waals surface area contributed by atoms with Crippen molar-refractivity contribution in [1.29, 1.82) is 0 Å². The molecule has 2 aromatic rings. The van der Waals surface area contributed by atoms with Crippen LogP contribution >= 0.6 is 0 Å². The zero-order valence-corrected chi connectivity index (χ0v) is 17.5. The molecule has 1 atom stereocenters. The lowest BCUT2D eigenvalue weighted by Gasteiger charge is -2.37. The second kappa shape index (κ2) is 8.24. The number of hydrogen-bond donors (Lipinski definition) is 1. The Morgan fingerprint density at radius 3 is 2.24 bits per heavy atom. The summed E-state index contributed by atoms with van der Waals surface area (Å²) in [4.78, 5) is 28.6. The zero-order chi connectivity index (χ0) is 21.2. The summed E-state index contributed by atoms with van der Waals surface area (Å²) >= 11 is 0. The van der Waals surface area contributed by atoms with Crippen molar-refractivity contribution in [3.8, 4) is 11.6 Å². The molecule has 29 heavy (non-hydrogen) atoms. The average molecular weight is 399 g/mol. The number of carbonyl (C=O) groups is 2. The molecular weight excluding hydrogens is 370 g/mol. The number of aryl methyl sites for hydroxylation is 1. The Bertz CT molecular complexity index is 864. The van der Waals surface area contributed by atoms with Crippen molar-refractivity contribution < 1.29 is 14.3 Å². The first-order chi connectivity index (χ1) is 13.7. The highest BCUT2D eigenvalue weighted by atomic mass is 16.6. The molecule has 156 valence electrons. The van der Waals surface area contributed by atoms with Crippen molar-refractivity contribution >= 4 is 12.0 Å². The number of nitrogens with two attached hydrogens (primary N) is 1. The fourth-order valence-electron chi connectivity index (χ4n) is 3.13. The van der Waals surface area contributed by atoms with E-state index in [0.29, 0.717) is 32.1 Å². The summed E-state index contributed by atoms with van der Waals surface area (Å²) in [7, 11) is 0. The molecular formula is C21H29N5O3. The molecule has 1 fully saturated rings. The van der Waals surface area contributed by atoms with Gasteiger partial charge in [0.15, 0.2) is 0 Å². The van der Waals surface area contributed by atoms with Crippen molar-refractivity contribution in [3.05, 3.63) is 42.1 Å². The molecule has 1 saturated heterocycles. The predicted octanol–water partition coefficient (Wildman–Crippen LogP) is 2.20. The first kappa shape index (κ1) is 20.9. The van der Waals surface area contributed by atoms with E-state index in [1.165, 1.54) is 0 Å². The zero-order valence-electron chi connectivity index (χ0n) is 17.5. The van der Waals surface area contributed by atoms with Gasteiger partial charge in [0.2, 0.25) is 11.8 Å². The predicted molar refractivity (Wildman–Crippen MR) is 110 cm³/mol. The van der Waals surface area contributed by atoms with Crippen LogP contribution in [0.2, 0.25) is 0 Å². The number of ether oxygens (including phenoxy) is 1. The minimum Gasteiger partial charge on any atom is -0.391 e. The molecule has 1 unspecified atom stereocenters. The molecule has 1 aliphatic rings. The van der Waals surface area contributed by atoms with Gasteiger partial charge in [-0.3, -0.25) is 4.79 Å². The SMILES string of the molecule is Cc1cc(OC(=O)N2CCN(C(=O)C(N)C(C)(C)C)CC2)n(-c2ccccc2)n1. The summed E-state index contributed by atoms with van der Waals surface area (Å²) in [5, 5.41) is 4.41. The molecule has 0 spiro atoms. The highest BCUT2D eigenvalue weighted by Gasteiger charge is 2.33. The lowest BCUT2D eigenvalue weighted by Crippen LogP contribution is -2.57. The normalized spacial score (nSPS) is 15.9. The van der Waals surface area contributed by atoms with Crippen molar-refractivity contribution in [3.63, 3.8) is 0 Å². The third-order valence-corrected chi connectivity index (χ3v) is 5.04. The molecule has 1 aromatic carbocycles. The third kappa shape index (κ3) is 4.76. The van der Waals surface area contributed by atoms with E-state index < -0.39 is 12.1 Å². The van der Waals surface area contributed by atoms with E-state index in [-0.39, 0.29) is 11.3 Å². The minimum atomic E-state index is -0.566. The van der Waals surface area contributed by atoms with Crippen LogP contribution in [0.25, 0.3) is 5.69 Å². The van der Waals surface area contributed by atoms with Crippen LogP contribution < -0.4 is 10.5 Å². The molecule has 8 heteroatoms. The summed E-state index contributed by atoms with van der Waals surface area (Å²) in [6.45, 7) is 9.37. The van der Waals surface area contributed by atoms with E-state index in [9.17, 15) is 9.59 Å². The van der Waals surface area contributed by atoms with E-state index in [1.807, 2.05) is 58.0 Å². The molecule has 3 rings (SSSR count). The van der Waals surface area contributed by atoms with Gasteiger partial charge in [0, 0.05) is 32.2 Å². The molecule has 0 aliphatic carbocycles. The fourth-order valence-corrected chi connectivity index (χ4v) is 3.13. The average Bonchev–Trinajstić information content (AvgIpc) is 3.07. The van der Waals surface area contributed by atoms with Crippen LogP contribution in [0.1, 0.15) is 26.5 Å². The maximum absolute atomic E-state index is 12.7. The van der Waals surface area contributed by atoms with Crippen molar-refractivity contribution in [2.45, 2.75) is 33.7 Å². The van der Waals surface area contributed by atoms with Crippen LogP contribution in [0.5, 0.6) is 5.88 Å². The second-order valence-corrected chi connectivity index (χ2v) is 8.40. The maximum Gasteiger partial charge on any atom is 0.416 e. The lowest BCUT2D eigenvalue weighted by atomic mass is 9.86. The first-order valence-electron chi connectivity index (χ1n) is 9.80. The number of rotatable bonds is 3. The number of amides is 2. The summed E-state index contributed by atoms with van der Waals surface area (Å²) in [6.07, 6.45) is -0.450. The van der Waals surface area contributed by atoms with E-state index in [2.05, 4.69) is 5.10 Å². The van der Waals surface area contributed by atoms with Gasteiger partial charge in [-0.1, -0.05) is 39.0 Å². The Kier molecular flexibility index (Phi) is 5.93. The van der Waals surface area contributed by atoms with Crippen LogP contribution in [0.4, 0.5) is 4.79 Å². The first-order valence-corrected chi connectivity index (χ1v) is 9.80. The Hall–Kier alpha value is -2.87. The summed E-state index contributed by atoms with van der Waals surface area (Å²) in [5.41, 5.74) is 7.35. The van der Waals surface area contributed by atoms with E-state index in [4.69, 9.17) is 10.5 Å². The monoisotopic (exact) mass is 399 g/mol. The lowest BCUT2D eigenvalue weighted by molar-refractivity contribution is -0.136. The van der Waals surface area contributed by atoms with Crippen LogP contribution in [0.3, 0.4) is 0 Å². The maximum atomic E-state index is 12.7. The number of nitrogens with zero attached hydrogens (tertiary/aromatic N) is 4. The Morgan fingerprint density at radius 1 is 1.07 bits per heavy atom. The van der Waals surface area contributed by atoms with Gasteiger partial charge in [-0.2, -0.15) is 5.10 Å². The van der Waals surface area contributed by atoms with Crippen LogP contribution in [0, 0.1) is 12.3 Å². The number of carbonyl (C=O) groups excluding carboxylic acids is 2. The van der Waals surface area contributed by atoms with Crippen LogP contribution in [-0.4, -0.2) is 63.8 Å². The number of benzene rings is 1.